The molecule has 1 rings (SSSR count). The third-order valence-corrected chi connectivity index (χ3v) is 6.34. The van der Waals surface area contributed by atoms with Gasteiger partial charge < -0.3 is 32.5 Å². The topological polar surface area (TPSA) is 194 Å². The SMILES string of the molecule is CCC(C)C(NC(=O)C(Cc1ccccc1)NC(=O)C(CC(N)=O)NC(=O)C(N)CCSC)C(=O)O. The molecule has 200 valence electrons. The first kappa shape index (κ1) is 30.9. The molecule has 0 aromatic heterocycles. The first-order valence-electron chi connectivity index (χ1n) is 11.7. The summed E-state index contributed by atoms with van der Waals surface area (Å²) in [6.45, 7) is 3.50. The summed E-state index contributed by atoms with van der Waals surface area (Å²) in [4.78, 5) is 62.0. The molecule has 12 heteroatoms. The Morgan fingerprint density at radius 3 is 2.08 bits per heavy atom. The van der Waals surface area contributed by atoms with Crippen molar-refractivity contribution in [3.05, 3.63) is 35.9 Å². The van der Waals surface area contributed by atoms with Crippen LogP contribution in [0.25, 0.3) is 0 Å². The van der Waals surface area contributed by atoms with Crippen LogP contribution in [0.15, 0.2) is 30.3 Å². The first-order chi connectivity index (χ1) is 17.0. The van der Waals surface area contributed by atoms with Crippen molar-refractivity contribution in [2.24, 2.45) is 17.4 Å². The van der Waals surface area contributed by atoms with Gasteiger partial charge in [0.05, 0.1) is 12.5 Å². The molecule has 0 saturated carbocycles. The van der Waals surface area contributed by atoms with Gasteiger partial charge in [-0.2, -0.15) is 11.8 Å². The largest absolute Gasteiger partial charge is 0.480 e. The average molecular weight is 524 g/mol. The van der Waals surface area contributed by atoms with Gasteiger partial charge in [0, 0.05) is 6.42 Å². The van der Waals surface area contributed by atoms with Crippen molar-refractivity contribution in [1.29, 1.82) is 0 Å². The van der Waals surface area contributed by atoms with Gasteiger partial charge in [-0.05, 0) is 29.9 Å². The lowest BCUT2D eigenvalue weighted by atomic mass is 9.98. The molecule has 0 aliphatic rings. The van der Waals surface area contributed by atoms with Crippen molar-refractivity contribution in [2.45, 2.75) is 63.7 Å². The number of benzene rings is 1. The molecule has 0 spiro atoms. The number of thioether (sulfide) groups is 1. The van der Waals surface area contributed by atoms with Crippen molar-refractivity contribution in [3.8, 4) is 0 Å². The van der Waals surface area contributed by atoms with E-state index in [4.69, 9.17) is 11.5 Å². The van der Waals surface area contributed by atoms with Gasteiger partial charge in [0.15, 0.2) is 0 Å². The number of nitrogens with two attached hydrogens (primary N) is 2. The van der Waals surface area contributed by atoms with Gasteiger partial charge >= 0.3 is 5.97 Å². The molecule has 0 radical (unpaired) electrons. The highest BCUT2D eigenvalue weighted by molar-refractivity contribution is 7.98. The van der Waals surface area contributed by atoms with E-state index in [1.807, 2.05) is 6.26 Å². The smallest absolute Gasteiger partial charge is 0.326 e. The predicted octanol–water partition coefficient (Wildman–Crippen LogP) is -0.230. The van der Waals surface area contributed by atoms with E-state index in [0.29, 0.717) is 24.2 Å². The highest BCUT2D eigenvalue weighted by Gasteiger charge is 2.32. The zero-order valence-corrected chi connectivity index (χ0v) is 21.7. The van der Waals surface area contributed by atoms with E-state index in [1.165, 1.54) is 11.8 Å². The monoisotopic (exact) mass is 523 g/mol. The molecule has 0 aliphatic carbocycles. The fourth-order valence-corrected chi connectivity index (χ4v) is 3.82. The number of carboxylic acid groups (broad SMARTS) is 1. The molecule has 0 fully saturated rings. The van der Waals surface area contributed by atoms with E-state index in [2.05, 4.69) is 16.0 Å². The molecule has 11 nitrogen and oxygen atoms in total. The molecule has 5 atom stereocenters. The summed E-state index contributed by atoms with van der Waals surface area (Å²) < 4.78 is 0. The van der Waals surface area contributed by atoms with Crippen molar-refractivity contribution in [1.82, 2.24) is 16.0 Å². The minimum Gasteiger partial charge on any atom is -0.480 e. The van der Waals surface area contributed by atoms with Crippen LogP contribution < -0.4 is 27.4 Å². The van der Waals surface area contributed by atoms with Crippen LogP contribution in [-0.2, 0) is 30.4 Å². The van der Waals surface area contributed by atoms with E-state index >= 15 is 0 Å². The lowest BCUT2D eigenvalue weighted by Crippen LogP contribution is -2.58. The van der Waals surface area contributed by atoms with Crippen LogP contribution in [-0.4, -0.2) is 70.9 Å². The van der Waals surface area contributed by atoms with Crippen LogP contribution in [0.1, 0.15) is 38.7 Å². The third kappa shape index (κ3) is 10.6. The molecule has 0 bridgehead atoms. The molecule has 8 N–H and O–H groups in total. The zero-order chi connectivity index (χ0) is 27.3. The van der Waals surface area contributed by atoms with Gasteiger partial charge in [-0.1, -0.05) is 50.6 Å². The van der Waals surface area contributed by atoms with Gasteiger partial charge in [-0.3, -0.25) is 19.2 Å². The highest BCUT2D eigenvalue weighted by Crippen LogP contribution is 2.10. The average Bonchev–Trinajstić information content (AvgIpc) is 2.84. The molecule has 0 aliphatic heterocycles. The van der Waals surface area contributed by atoms with Crippen molar-refractivity contribution in [2.75, 3.05) is 12.0 Å². The second kappa shape index (κ2) is 15.8. The van der Waals surface area contributed by atoms with Gasteiger partial charge in [0.2, 0.25) is 23.6 Å². The Morgan fingerprint density at radius 1 is 0.972 bits per heavy atom. The van der Waals surface area contributed by atoms with Crippen LogP contribution >= 0.6 is 11.8 Å². The van der Waals surface area contributed by atoms with Gasteiger partial charge in [-0.25, -0.2) is 4.79 Å². The van der Waals surface area contributed by atoms with Crippen LogP contribution in [0.3, 0.4) is 0 Å². The Labute approximate surface area is 215 Å². The maximum absolute atomic E-state index is 13.1. The Kier molecular flexibility index (Phi) is 13.6. The summed E-state index contributed by atoms with van der Waals surface area (Å²) in [5, 5.41) is 17.1. The molecule has 4 amide bonds. The van der Waals surface area contributed by atoms with E-state index in [0.717, 1.165) is 0 Å². The van der Waals surface area contributed by atoms with E-state index in [1.54, 1.807) is 44.2 Å². The summed E-state index contributed by atoms with van der Waals surface area (Å²) in [6.07, 6.45) is 2.29. The van der Waals surface area contributed by atoms with E-state index in [9.17, 15) is 29.1 Å². The summed E-state index contributed by atoms with van der Waals surface area (Å²) in [7, 11) is 0. The fourth-order valence-electron chi connectivity index (χ4n) is 3.33. The number of aliphatic carboxylic acids is 1. The predicted molar refractivity (Wildman–Crippen MR) is 138 cm³/mol. The minimum absolute atomic E-state index is 0.0513. The number of amides is 4. The summed E-state index contributed by atoms with van der Waals surface area (Å²) in [5.41, 5.74) is 11.9. The zero-order valence-electron chi connectivity index (χ0n) is 20.9. The number of primary amides is 1. The first-order valence-corrected chi connectivity index (χ1v) is 13.1. The number of carbonyl (C=O) groups is 5. The standard InChI is InChI=1S/C24H37N5O6S/c1-4-14(2)20(24(34)35)29-23(33)17(12-15-8-6-5-7-9-15)28-22(32)18(13-19(26)30)27-21(31)16(25)10-11-36-3/h5-9,14,16-18,20H,4,10-13,25H2,1-3H3,(H2,26,30)(H,27,31)(H,28,32)(H,29,33)(H,34,35). The number of rotatable bonds is 16. The molecule has 5 unspecified atom stereocenters. The second-order valence-corrected chi connectivity index (χ2v) is 9.57. The van der Waals surface area contributed by atoms with Gasteiger partial charge in [-0.15, -0.1) is 0 Å². The van der Waals surface area contributed by atoms with Gasteiger partial charge in [0.1, 0.15) is 18.1 Å². The molecule has 1 aromatic carbocycles. The molecule has 0 saturated heterocycles. The Bertz CT molecular complexity index is 900. The van der Waals surface area contributed by atoms with Crippen LogP contribution in [0.2, 0.25) is 0 Å². The van der Waals surface area contributed by atoms with Crippen LogP contribution in [0.4, 0.5) is 0 Å². The number of nitrogens with one attached hydrogen (secondary N) is 3. The molecule has 36 heavy (non-hydrogen) atoms. The van der Waals surface area contributed by atoms with E-state index in [-0.39, 0.29) is 12.3 Å². The normalized spacial score (nSPS) is 15.0. The lowest BCUT2D eigenvalue weighted by Gasteiger charge is -2.26. The number of hydrogen-bond donors (Lipinski definition) is 6. The summed E-state index contributed by atoms with van der Waals surface area (Å²) >= 11 is 1.51. The Balaban J connectivity index is 3.12. The number of carboxylic acids is 1. The molecular weight excluding hydrogens is 486 g/mol. The molecule has 1 aromatic rings. The van der Waals surface area contributed by atoms with Crippen LogP contribution in [0.5, 0.6) is 0 Å². The van der Waals surface area contributed by atoms with Crippen molar-refractivity contribution < 1.29 is 29.1 Å². The third-order valence-electron chi connectivity index (χ3n) is 5.70. The van der Waals surface area contributed by atoms with Crippen molar-refractivity contribution in [3.63, 3.8) is 0 Å². The number of hydrogen-bond acceptors (Lipinski definition) is 7. The van der Waals surface area contributed by atoms with Crippen molar-refractivity contribution >= 4 is 41.4 Å². The number of carbonyl (C=O) groups excluding carboxylic acids is 4. The Morgan fingerprint density at radius 2 is 1.56 bits per heavy atom. The molecular formula is C24H37N5O6S. The maximum Gasteiger partial charge on any atom is 0.326 e. The Hall–Kier alpha value is -3.12. The van der Waals surface area contributed by atoms with E-state index < -0.39 is 60.2 Å². The summed E-state index contributed by atoms with van der Waals surface area (Å²) in [6, 6.07) is 4.24. The fraction of sp³-hybridized carbons (Fsp3) is 0.542. The maximum atomic E-state index is 13.1. The van der Waals surface area contributed by atoms with Crippen LogP contribution in [0, 0.1) is 5.92 Å². The quantitative estimate of drug-likeness (QED) is 0.171. The summed E-state index contributed by atoms with van der Waals surface area (Å²) in [5.74, 6) is -3.91. The molecule has 0 heterocycles. The highest BCUT2D eigenvalue weighted by atomic mass is 32.2. The second-order valence-electron chi connectivity index (χ2n) is 8.58. The minimum atomic E-state index is -1.36. The lowest BCUT2D eigenvalue weighted by molar-refractivity contribution is -0.144. The van der Waals surface area contributed by atoms with Gasteiger partial charge in [0.25, 0.3) is 0 Å².